The molecule has 152 valence electrons. The van der Waals surface area contributed by atoms with Gasteiger partial charge in [0.25, 0.3) is 0 Å². The first-order chi connectivity index (χ1) is 14.1. The van der Waals surface area contributed by atoms with Gasteiger partial charge in [-0.1, -0.05) is 25.1 Å². The summed E-state index contributed by atoms with van der Waals surface area (Å²) in [7, 11) is 0. The number of nitrogens with one attached hydrogen (secondary N) is 1. The minimum Gasteiger partial charge on any atom is -0.486 e. The Morgan fingerprint density at radius 1 is 1.17 bits per heavy atom. The number of aryl methyl sites for hydroxylation is 1. The molecule has 1 atom stereocenters. The van der Waals surface area contributed by atoms with Crippen LogP contribution in [-0.2, 0) is 11.2 Å². The van der Waals surface area contributed by atoms with E-state index in [4.69, 9.17) is 18.4 Å². The van der Waals surface area contributed by atoms with Gasteiger partial charge in [0.1, 0.15) is 13.2 Å². The first kappa shape index (κ1) is 19.0. The molecule has 3 heterocycles. The molecule has 0 spiro atoms. The van der Waals surface area contributed by atoms with E-state index in [-0.39, 0.29) is 24.3 Å². The molecule has 0 bridgehead atoms. The molecule has 1 aliphatic heterocycles. The van der Waals surface area contributed by atoms with Crippen LogP contribution in [0.15, 0.2) is 45.5 Å². The summed E-state index contributed by atoms with van der Waals surface area (Å²) in [4.78, 5) is 16.8. The Labute approximate surface area is 168 Å². The van der Waals surface area contributed by atoms with Crippen molar-refractivity contribution in [3.8, 4) is 23.1 Å². The average Bonchev–Trinajstić information content (AvgIpc) is 3.41. The van der Waals surface area contributed by atoms with Crippen LogP contribution < -0.4 is 14.8 Å². The van der Waals surface area contributed by atoms with Gasteiger partial charge in [-0.25, -0.2) is 0 Å². The molecule has 8 heteroatoms. The van der Waals surface area contributed by atoms with Gasteiger partial charge in [-0.15, -0.1) is 0 Å². The summed E-state index contributed by atoms with van der Waals surface area (Å²) in [6.45, 7) is 5.21. The number of ether oxygens (including phenoxy) is 2. The van der Waals surface area contributed by atoms with Gasteiger partial charge >= 0.3 is 0 Å². The van der Waals surface area contributed by atoms with Gasteiger partial charge in [-0.05, 0) is 35.7 Å². The number of carbonyl (C=O) groups excluding carboxylic acids is 1. The van der Waals surface area contributed by atoms with Crippen molar-refractivity contribution in [2.75, 3.05) is 13.2 Å². The molecule has 1 amide bonds. The maximum atomic E-state index is 12.6. The standard InChI is InChI=1S/C21H23N3O5/c1-13(2)20(14-5-6-15-17(12-14)28-11-10-27-15)22-18(25)7-8-19-23-21(24-29-19)16-4-3-9-26-16/h3-6,9,12-13,20H,7-8,10-11H2,1-2H3,(H,22,25). The zero-order valence-corrected chi connectivity index (χ0v) is 16.4. The van der Waals surface area contributed by atoms with Crippen molar-refractivity contribution < 1.29 is 23.2 Å². The predicted molar refractivity (Wildman–Crippen MR) is 103 cm³/mol. The number of fused-ring (bicyclic) bond motifs is 1. The average molecular weight is 397 g/mol. The van der Waals surface area contributed by atoms with Crippen LogP contribution in [0.4, 0.5) is 0 Å². The molecule has 1 aromatic carbocycles. The highest BCUT2D eigenvalue weighted by molar-refractivity contribution is 5.76. The third kappa shape index (κ3) is 4.42. The molecule has 2 aromatic heterocycles. The fraction of sp³-hybridized carbons (Fsp3) is 0.381. The van der Waals surface area contributed by atoms with Gasteiger partial charge < -0.3 is 23.7 Å². The molecule has 0 radical (unpaired) electrons. The first-order valence-electron chi connectivity index (χ1n) is 9.65. The van der Waals surface area contributed by atoms with Crippen LogP contribution in [0.1, 0.15) is 37.8 Å². The Morgan fingerprint density at radius 3 is 2.76 bits per heavy atom. The lowest BCUT2D eigenvalue weighted by Gasteiger charge is -2.25. The second-order valence-corrected chi connectivity index (χ2v) is 7.18. The largest absolute Gasteiger partial charge is 0.486 e. The van der Waals surface area contributed by atoms with E-state index >= 15 is 0 Å². The molecular formula is C21H23N3O5. The van der Waals surface area contributed by atoms with Crippen LogP contribution in [0.25, 0.3) is 11.6 Å². The summed E-state index contributed by atoms with van der Waals surface area (Å²) >= 11 is 0. The summed E-state index contributed by atoms with van der Waals surface area (Å²) < 4.78 is 21.7. The van der Waals surface area contributed by atoms with Crippen molar-refractivity contribution in [3.05, 3.63) is 48.0 Å². The normalized spacial score (nSPS) is 14.0. The third-order valence-electron chi connectivity index (χ3n) is 4.68. The molecule has 8 nitrogen and oxygen atoms in total. The van der Waals surface area contributed by atoms with Crippen LogP contribution >= 0.6 is 0 Å². The number of benzene rings is 1. The number of hydrogen-bond donors (Lipinski definition) is 1. The predicted octanol–water partition coefficient (Wildman–Crippen LogP) is 3.55. The van der Waals surface area contributed by atoms with Crippen LogP contribution in [0.3, 0.4) is 0 Å². The topological polar surface area (TPSA) is 99.6 Å². The van der Waals surface area contributed by atoms with Gasteiger partial charge in [0.2, 0.25) is 17.6 Å². The van der Waals surface area contributed by atoms with E-state index in [0.29, 0.717) is 42.9 Å². The van der Waals surface area contributed by atoms with E-state index in [1.807, 2.05) is 18.2 Å². The summed E-state index contributed by atoms with van der Waals surface area (Å²) in [6, 6.07) is 9.16. The van der Waals surface area contributed by atoms with Crippen LogP contribution in [0.2, 0.25) is 0 Å². The molecule has 0 saturated carbocycles. The maximum absolute atomic E-state index is 12.6. The summed E-state index contributed by atoms with van der Waals surface area (Å²) in [6.07, 6.45) is 2.14. The minimum absolute atomic E-state index is 0.0867. The molecule has 1 unspecified atom stereocenters. The van der Waals surface area contributed by atoms with Crippen LogP contribution in [0.5, 0.6) is 11.5 Å². The number of rotatable bonds is 7. The number of furan rings is 1. The Balaban J connectivity index is 1.38. The third-order valence-corrected chi connectivity index (χ3v) is 4.68. The number of nitrogens with zero attached hydrogens (tertiary/aromatic N) is 2. The lowest BCUT2D eigenvalue weighted by atomic mass is 9.95. The highest BCUT2D eigenvalue weighted by Gasteiger charge is 2.22. The Kier molecular flexibility index (Phi) is 5.50. The van der Waals surface area contributed by atoms with Crippen LogP contribution in [0, 0.1) is 5.92 Å². The highest BCUT2D eigenvalue weighted by atomic mass is 16.6. The lowest BCUT2D eigenvalue weighted by molar-refractivity contribution is -0.122. The van der Waals surface area contributed by atoms with Gasteiger partial charge in [0.15, 0.2) is 17.3 Å². The second kappa shape index (κ2) is 8.38. The van der Waals surface area contributed by atoms with Gasteiger partial charge in [-0.2, -0.15) is 4.98 Å². The number of carbonyl (C=O) groups is 1. The van der Waals surface area contributed by atoms with Crippen molar-refractivity contribution in [2.45, 2.75) is 32.7 Å². The summed E-state index contributed by atoms with van der Waals surface area (Å²) in [5.41, 5.74) is 0.982. The first-order valence-corrected chi connectivity index (χ1v) is 9.65. The van der Waals surface area contributed by atoms with Crippen molar-refractivity contribution >= 4 is 5.91 Å². The summed E-state index contributed by atoms with van der Waals surface area (Å²) in [5.74, 6) is 2.87. The Morgan fingerprint density at radius 2 is 2.00 bits per heavy atom. The zero-order valence-electron chi connectivity index (χ0n) is 16.4. The van der Waals surface area contributed by atoms with Gasteiger partial charge in [0, 0.05) is 12.8 Å². The minimum atomic E-state index is -0.139. The zero-order chi connectivity index (χ0) is 20.2. The van der Waals surface area contributed by atoms with Crippen molar-refractivity contribution in [1.29, 1.82) is 0 Å². The highest BCUT2D eigenvalue weighted by Crippen LogP contribution is 2.34. The monoisotopic (exact) mass is 397 g/mol. The molecule has 1 aliphatic rings. The number of amides is 1. The fourth-order valence-electron chi connectivity index (χ4n) is 3.22. The molecule has 0 saturated heterocycles. The van der Waals surface area contributed by atoms with Crippen molar-refractivity contribution in [1.82, 2.24) is 15.5 Å². The molecule has 29 heavy (non-hydrogen) atoms. The number of aromatic nitrogens is 2. The molecular weight excluding hydrogens is 374 g/mol. The molecule has 1 N–H and O–H groups in total. The van der Waals surface area contributed by atoms with Crippen molar-refractivity contribution in [2.24, 2.45) is 5.92 Å². The van der Waals surface area contributed by atoms with E-state index in [9.17, 15) is 4.79 Å². The van der Waals surface area contributed by atoms with Gasteiger partial charge in [0.05, 0.1) is 12.3 Å². The maximum Gasteiger partial charge on any atom is 0.238 e. The van der Waals surface area contributed by atoms with E-state index in [2.05, 4.69) is 29.3 Å². The van der Waals surface area contributed by atoms with Crippen molar-refractivity contribution in [3.63, 3.8) is 0 Å². The second-order valence-electron chi connectivity index (χ2n) is 7.18. The number of hydrogen-bond acceptors (Lipinski definition) is 7. The Bertz CT molecular complexity index is 965. The molecule has 0 fully saturated rings. The Hall–Kier alpha value is -3.29. The lowest BCUT2D eigenvalue weighted by Crippen LogP contribution is -2.32. The summed E-state index contributed by atoms with van der Waals surface area (Å²) in [5, 5.41) is 6.98. The van der Waals surface area contributed by atoms with Crippen LogP contribution in [-0.4, -0.2) is 29.3 Å². The van der Waals surface area contributed by atoms with E-state index < -0.39 is 0 Å². The van der Waals surface area contributed by atoms with E-state index in [1.54, 1.807) is 18.4 Å². The SMILES string of the molecule is CC(C)C(NC(=O)CCc1nc(-c2ccco2)no1)c1ccc2c(c1)OCCO2. The smallest absolute Gasteiger partial charge is 0.238 e. The fourth-order valence-corrected chi connectivity index (χ4v) is 3.22. The van der Waals surface area contributed by atoms with E-state index in [1.165, 1.54) is 0 Å². The van der Waals surface area contributed by atoms with E-state index in [0.717, 1.165) is 11.3 Å². The quantitative estimate of drug-likeness (QED) is 0.651. The van der Waals surface area contributed by atoms with Gasteiger partial charge in [-0.3, -0.25) is 4.79 Å². The molecule has 4 rings (SSSR count). The molecule has 3 aromatic rings. The molecule has 0 aliphatic carbocycles.